The molecule has 1 N–H and O–H groups in total. The van der Waals surface area contributed by atoms with Crippen molar-refractivity contribution in [2.75, 3.05) is 72.0 Å². The van der Waals surface area contributed by atoms with Gasteiger partial charge in [0.05, 0.1) is 43.0 Å². The van der Waals surface area contributed by atoms with E-state index in [1.54, 1.807) is 27.8 Å². The van der Waals surface area contributed by atoms with Gasteiger partial charge in [-0.15, -0.1) is 0 Å². The maximum atomic E-state index is 14.2. The van der Waals surface area contributed by atoms with Crippen LogP contribution in [-0.2, 0) is 16.1 Å². The standard InChI is InChI=1S/C29H34Cl2N6O5/c1-4-23(38)36-10-8-35(9-11-36)6-5-7-37-27-19(15-33-29(34-27)32-14-18-16-42-17-18)12-20(28(37)39)24-25(30)21(40-2)13-22(41-3)26(24)31/h4,12-13,15,18H,1,5-11,14,16-17H2,2-3H3,(H,32,33,34). The molecular weight excluding hydrogens is 583 g/mol. The molecule has 42 heavy (non-hydrogen) atoms. The molecule has 0 bridgehead atoms. The summed E-state index contributed by atoms with van der Waals surface area (Å²) in [6.45, 7) is 9.62. The van der Waals surface area contributed by atoms with Crippen molar-refractivity contribution in [1.29, 1.82) is 0 Å². The number of methoxy groups -OCH3 is 2. The van der Waals surface area contributed by atoms with Crippen LogP contribution in [0.25, 0.3) is 22.2 Å². The molecule has 3 aromatic rings. The molecule has 0 radical (unpaired) electrons. The molecule has 2 fully saturated rings. The highest BCUT2D eigenvalue weighted by Gasteiger charge is 2.24. The van der Waals surface area contributed by atoms with Gasteiger partial charge in [0.25, 0.3) is 5.56 Å². The summed E-state index contributed by atoms with van der Waals surface area (Å²) in [7, 11) is 2.98. The Hall–Kier alpha value is -3.38. The van der Waals surface area contributed by atoms with E-state index in [0.717, 1.165) is 19.6 Å². The minimum atomic E-state index is -0.292. The third kappa shape index (κ3) is 6.19. The van der Waals surface area contributed by atoms with Gasteiger partial charge in [-0.1, -0.05) is 29.8 Å². The number of fused-ring (bicyclic) bond motifs is 1. The zero-order valence-corrected chi connectivity index (χ0v) is 25.2. The van der Waals surface area contributed by atoms with Gasteiger partial charge in [-0.05, 0) is 25.1 Å². The lowest BCUT2D eigenvalue weighted by Gasteiger charge is -2.34. The summed E-state index contributed by atoms with van der Waals surface area (Å²) in [5, 5.41) is 4.34. The average Bonchev–Trinajstić information content (AvgIpc) is 2.98. The van der Waals surface area contributed by atoms with Gasteiger partial charge in [0, 0.05) is 68.4 Å². The van der Waals surface area contributed by atoms with Crippen molar-refractivity contribution < 1.29 is 19.0 Å². The van der Waals surface area contributed by atoms with Gasteiger partial charge >= 0.3 is 0 Å². The molecular formula is C29H34Cl2N6O5. The maximum absolute atomic E-state index is 14.2. The first-order chi connectivity index (χ1) is 20.3. The van der Waals surface area contributed by atoms with Crippen LogP contribution in [0, 0.1) is 5.92 Å². The molecule has 2 aliphatic rings. The number of nitrogens with one attached hydrogen (secondary N) is 1. The van der Waals surface area contributed by atoms with Gasteiger partial charge < -0.3 is 24.4 Å². The number of carbonyl (C=O) groups is 1. The first-order valence-electron chi connectivity index (χ1n) is 13.8. The highest BCUT2D eigenvalue weighted by molar-refractivity contribution is 6.41. The zero-order chi connectivity index (χ0) is 29.8. The smallest absolute Gasteiger partial charge is 0.260 e. The van der Waals surface area contributed by atoms with Crippen LogP contribution in [-0.4, -0.2) is 96.9 Å². The number of hydrogen-bond donors (Lipinski definition) is 1. The van der Waals surface area contributed by atoms with E-state index in [0.29, 0.717) is 91.3 Å². The Morgan fingerprint density at radius 1 is 1.12 bits per heavy atom. The Labute approximate surface area is 254 Å². The topological polar surface area (TPSA) is 111 Å². The number of ether oxygens (including phenoxy) is 3. The van der Waals surface area contributed by atoms with Crippen LogP contribution in [0.4, 0.5) is 5.95 Å². The average molecular weight is 618 g/mol. The fourth-order valence-corrected chi connectivity index (χ4v) is 5.87. The molecule has 11 nitrogen and oxygen atoms in total. The molecule has 0 unspecified atom stereocenters. The minimum Gasteiger partial charge on any atom is -0.495 e. The van der Waals surface area contributed by atoms with Crippen molar-refractivity contribution in [3.63, 3.8) is 0 Å². The van der Waals surface area contributed by atoms with Gasteiger partial charge in [0.1, 0.15) is 17.1 Å². The maximum Gasteiger partial charge on any atom is 0.260 e. The van der Waals surface area contributed by atoms with E-state index in [-0.39, 0.29) is 21.5 Å². The second kappa shape index (κ2) is 13.3. The lowest BCUT2D eigenvalue weighted by Crippen LogP contribution is -2.48. The fourth-order valence-electron chi connectivity index (χ4n) is 5.16. The second-order valence-corrected chi connectivity index (χ2v) is 11.0. The predicted octanol–water partition coefficient (Wildman–Crippen LogP) is 3.56. The van der Waals surface area contributed by atoms with Crippen LogP contribution in [0.15, 0.2) is 35.8 Å². The number of carbonyl (C=O) groups excluding carboxylic acids is 1. The monoisotopic (exact) mass is 616 g/mol. The van der Waals surface area contributed by atoms with E-state index in [2.05, 4.69) is 21.8 Å². The lowest BCUT2D eigenvalue weighted by molar-refractivity contribution is -0.127. The number of benzene rings is 1. The molecule has 5 rings (SSSR count). The molecule has 1 amide bonds. The third-order valence-corrected chi connectivity index (χ3v) is 8.39. The van der Waals surface area contributed by atoms with Crippen molar-refractivity contribution in [1.82, 2.24) is 24.3 Å². The Bertz CT molecular complexity index is 1510. The Morgan fingerprint density at radius 2 is 1.81 bits per heavy atom. The van der Waals surface area contributed by atoms with Crippen LogP contribution < -0.4 is 20.3 Å². The zero-order valence-electron chi connectivity index (χ0n) is 23.7. The SMILES string of the molecule is C=CC(=O)N1CCN(CCCn2c(=O)c(-c3c(Cl)c(OC)cc(OC)c3Cl)cc3cnc(NCC4COC4)nc32)CC1. The molecule has 2 aromatic heterocycles. The predicted molar refractivity (Wildman–Crippen MR) is 163 cm³/mol. The van der Waals surface area contributed by atoms with Crippen LogP contribution in [0.5, 0.6) is 11.5 Å². The van der Waals surface area contributed by atoms with Crippen molar-refractivity contribution in [3.8, 4) is 22.6 Å². The van der Waals surface area contributed by atoms with E-state index in [9.17, 15) is 9.59 Å². The molecule has 224 valence electrons. The van der Waals surface area contributed by atoms with E-state index in [1.165, 1.54) is 20.3 Å². The third-order valence-electron chi connectivity index (χ3n) is 7.64. The van der Waals surface area contributed by atoms with Crippen LogP contribution in [0.1, 0.15) is 6.42 Å². The van der Waals surface area contributed by atoms with Crippen molar-refractivity contribution in [2.24, 2.45) is 5.92 Å². The number of rotatable bonds is 11. The van der Waals surface area contributed by atoms with Crippen LogP contribution >= 0.6 is 23.2 Å². The number of anilines is 1. The molecule has 4 heterocycles. The quantitative estimate of drug-likeness (QED) is 0.323. The highest BCUT2D eigenvalue weighted by atomic mass is 35.5. The number of aromatic nitrogens is 3. The molecule has 0 saturated carbocycles. The van der Waals surface area contributed by atoms with Gasteiger partial charge in [-0.3, -0.25) is 19.1 Å². The number of pyridine rings is 1. The molecule has 13 heteroatoms. The number of hydrogen-bond acceptors (Lipinski definition) is 9. The van der Waals surface area contributed by atoms with Crippen molar-refractivity contribution >= 4 is 46.1 Å². The van der Waals surface area contributed by atoms with E-state index in [1.807, 2.05) is 0 Å². The minimum absolute atomic E-state index is 0.0510. The summed E-state index contributed by atoms with van der Waals surface area (Å²) in [6.07, 6.45) is 3.72. The van der Waals surface area contributed by atoms with Gasteiger partial charge in [-0.25, -0.2) is 4.98 Å². The molecule has 0 atom stereocenters. The van der Waals surface area contributed by atoms with Crippen molar-refractivity contribution in [2.45, 2.75) is 13.0 Å². The number of aryl methyl sites for hydroxylation is 1. The highest BCUT2D eigenvalue weighted by Crippen LogP contribution is 2.45. The number of nitrogens with zero attached hydrogens (tertiary/aromatic N) is 5. The lowest BCUT2D eigenvalue weighted by atomic mass is 10.0. The number of piperazine rings is 1. The van der Waals surface area contributed by atoms with Gasteiger partial charge in [0.15, 0.2) is 0 Å². The van der Waals surface area contributed by atoms with Gasteiger partial charge in [-0.2, -0.15) is 4.98 Å². The summed E-state index contributed by atoms with van der Waals surface area (Å²) >= 11 is 13.4. The molecule has 2 aliphatic heterocycles. The first-order valence-corrected chi connectivity index (χ1v) is 14.6. The summed E-state index contributed by atoms with van der Waals surface area (Å²) in [5.74, 6) is 1.47. The summed E-state index contributed by atoms with van der Waals surface area (Å²) in [5.41, 5.74) is 0.835. The van der Waals surface area contributed by atoms with E-state index < -0.39 is 0 Å². The number of halogens is 2. The summed E-state index contributed by atoms with van der Waals surface area (Å²) < 4.78 is 17.8. The largest absolute Gasteiger partial charge is 0.495 e. The van der Waals surface area contributed by atoms with Crippen LogP contribution in [0.3, 0.4) is 0 Å². The molecule has 1 aromatic carbocycles. The Morgan fingerprint density at radius 3 is 2.40 bits per heavy atom. The molecule has 2 saturated heterocycles. The Balaban J connectivity index is 1.48. The Kier molecular flexibility index (Phi) is 9.52. The molecule has 0 spiro atoms. The molecule has 0 aliphatic carbocycles. The normalized spacial score (nSPS) is 15.9. The van der Waals surface area contributed by atoms with Crippen LogP contribution in [0.2, 0.25) is 10.0 Å². The summed E-state index contributed by atoms with van der Waals surface area (Å²) in [6, 6.07) is 3.30. The first kappa shape index (κ1) is 30.1. The number of amides is 1. The van der Waals surface area contributed by atoms with E-state index in [4.69, 9.17) is 42.4 Å². The van der Waals surface area contributed by atoms with E-state index >= 15 is 0 Å². The fraction of sp³-hybridized carbons (Fsp3) is 0.448. The summed E-state index contributed by atoms with van der Waals surface area (Å²) in [4.78, 5) is 39.4. The van der Waals surface area contributed by atoms with Crippen molar-refractivity contribution in [3.05, 3.63) is 51.4 Å². The second-order valence-electron chi connectivity index (χ2n) is 10.3. The van der Waals surface area contributed by atoms with Gasteiger partial charge in [0.2, 0.25) is 11.9 Å².